The van der Waals surface area contributed by atoms with Crippen molar-refractivity contribution in [1.82, 2.24) is 14.5 Å². The summed E-state index contributed by atoms with van der Waals surface area (Å²) in [5.74, 6) is 1.25. The highest BCUT2D eigenvalue weighted by atomic mass is 35.5. The highest BCUT2D eigenvalue weighted by molar-refractivity contribution is 7.22. The lowest BCUT2D eigenvalue weighted by Crippen LogP contribution is -2.33. The van der Waals surface area contributed by atoms with Crippen molar-refractivity contribution < 1.29 is 14.3 Å². The molecule has 4 rings (SSSR count). The fourth-order valence-corrected chi connectivity index (χ4v) is 4.66. The second-order valence-electron chi connectivity index (χ2n) is 7.53. The molecule has 0 spiro atoms. The molecule has 2 heterocycles. The van der Waals surface area contributed by atoms with Crippen LogP contribution in [-0.2, 0) is 17.8 Å². The lowest BCUT2D eigenvalue weighted by atomic mass is 10.1. The van der Waals surface area contributed by atoms with Crippen LogP contribution in [0, 0.1) is 6.92 Å². The number of benzene rings is 2. The summed E-state index contributed by atoms with van der Waals surface area (Å²) in [5.41, 5.74) is 2.95. The number of rotatable bonds is 9. The molecule has 0 unspecified atom stereocenters. The minimum absolute atomic E-state index is 0. The molecule has 1 amide bonds. The first-order valence-corrected chi connectivity index (χ1v) is 11.2. The van der Waals surface area contributed by atoms with E-state index in [1.54, 1.807) is 43.0 Å². The van der Waals surface area contributed by atoms with E-state index in [9.17, 15) is 4.79 Å². The van der Waals surface area contributed by atoms with Crippen LogP contribution in [0.2, 0.25) is 0 Å². The quantitative estimate of drug-likeness (QED) is 0.336. The molecule has 0 fully saturated rings. The molecule has 0 N–H and O–H groups in total. The second kappa shape index (κ2) is 11.2. The van der Waals surface area contributed by atoms with Gasteiger partial charge in [-0.05, 0) is 48.7 Å². The number of hydrogen-bond donors (Lipinski definition) is 0. The zero-order valence-corrected chi connectivity index (χ0v) is 20.5. The summed E-state index contributed by atoms with van der Waals surface area (Å²) in [5, 5.41) is 0.724. The third-order valence-electron chi connectivity index (χ3n) is 5.23. The van der Waals surface area contributed by atoms with Gasteiger partial charge in [0.05, 0.1) is 37.2 Å². The van der Waals surface area contributed by atoms with Gasteiger partial charge in [0.1, 0.15) is 0 Å². The Bertz CT molecular complexity index is 1210. The summed E-state index contributed by atoms with van der Waals surface area (Å²) in [6, 6.07) is 11.7. The molecule has 2 aromatic carbocycles. The number of nitrogens with zero attached hydrogens (tertiary/aromatic N) is 4. The summed E-state index contributed by atoms with van der Waals surface area (Å²) in [4.78, 5) is 24.0. The maximum absolute atomic E-state index is 13.4. The number of ether oxygens (including phenoxy) is 2. The van der Waals surface area contributed by atoms with Crippen molar-refractivity contribution in [2.24, 2.45) is 0 Å². The molecule has 0 aliphatic carbocycles. The van der Waals surface area contributed by atoms with E-state index < -0.39 is 0 Å². The maximum atomic E-state index is 13.4. The van der Waals surface area contributed by atoms with Crippen LogP contribution in [0.1, 0.15) is 17.5 Å². The first-order valence-electron chi connectivity index (χ1n) is 10.4. The molecule has 33 heavy (non-hydrogen) atoms. The highest BCUT2D eigenvalue weighted by Gasteiger charge is 2.20. The second-order valence-corrected chi connectivity index (χ2v) is 8.54. The number of carbonyl (C=O) groups is 1. The Balaban J connectivity index is 0.00000306. The number of aryl methyl sites for hydroxylation is 2. The number of hydrogen-bond acceptors (Lipinski definition) is 6. The molecule has 0 aliphatic heterocycles. The molecule has 174 valence electrons. The lowest BCUT2D eigenvalue weighted by Gasteiger charge is -2.20. The Labute approximate surface area is 203 Å². The van der Waals surface area contributed by atoms with Gasteiger partial charge in [-0.15, -0.1) is 12.4 Å². The van der Waals surface area contributed by atoms with Gasteiger partial charge in [-0.25, -0.2) is 9.97 Å². The first-order chi connectivity index (χ1) is 15.6. The molecule has 0 bridgehead atoms. The molecular formula is C24H27ClN4O3S. The first kappa shape index (κ1) is 24.5. The van der Waals surface area contributed by atoms with Crippen molar-refractivity contribution in [3.8, 4) is 11.5 Å². The smallest absolute Gasteiger partial charge is 0.233 e. The largest absolute Gasteiger partial charge is 0.493 e. The van der Waals surface area contributed by atoms with Crippen LogP contribution < -0.4 is 14.4 Å². The highest BCUT2D eigenvalue weighted by Crippen LogP contribution is 2.31. The van der Waals surface area contributed by atoms with Gasteiger partial charge >= 0.3 is 0 Å². The molecule has 9 heteroatoms. The molecule has 2 aromatic heterocycles. The topological polar surface area (TPSA) is 69.5 Å². The van der Waals surface area contributed by atoms with Gasteiger partial charge in [0.25, 0.3) is 0 Å². The fraction of sp³-hybridized carbons (Fsp3) is 0.292. The summed E-state index contributed by atoms with van der Waals surface area (Å²) in [7, 11) is 3.19. The van der Waals surface area contributed by atoms with E-state index in [1.165, 1.54) is 5.56 Å². The van der Waals surface area contributed by atoms with Crippen LogP contribution >= 0.6 is 23.7 Å². The monoisotopic (exact) mass is 486 g/mol. The number of aromatic nitrogens is 3. The van der Waals surface area contributed by atoms with E-state index >= 15 is 0 Å². The predicted octanol–water partition coefficient (Wildman–Crippen LogP) is 4.91. The summed E-state index contributed by atoms with van der Waals surface area (Å²) >= 11 is 1.55. The van der Waals surface area contributed by atoms with Crippen LogP contribution in [0.3, 0.4) is 0 Å². The molecule has 0 radical (unpaired) electrons. The van der Waals surface area contributed by atoms with Gasteiger partial charge in [0.15, 0.2) is 16.6 Å². The number of imidazole rings is 1. The van der Waals surface area contributed by atoms with E-state index in [-0.39, 0.29) is 24.7 Å². The van der Waals surface area contributed by atoms with Crippen molar-refractivity contribution in [2.75, 3.05) is 25.7 Å². The van der Waals surface area contributed by atoms with E-state index in [4.69, 9.17) is 14.5 Å². The van der Waals surface area contributed by atoms with Gasteiger partial charge in [-0.1, -0.05) is 23.5 Å². The zero-order valence-electron chi connectivity index (χ0n) is 18.9. The normalized spacial score (nSPS) is 10.6. The zero-order chi connectivity index (χ0) is 22.5. The standard InChI is InChI=1S/C24H26N4O3S.ClH/c1-17-5-7-19-22(13-17)32-24(26-19)28(11-4-10-27-12-9-25-16-27)23(29)15-18-6-8-20(30-2)21(14-18)31-3;/h5-9,12-14,16H,4,10-11,15H2,1-3H3;1H. The number of halogens is 1. The molecule has 0 aliphatic rings. The predicted molar refractivity (Wildman–Crippen MR) is 134 cm³/mol. The number of methoxy groups -OCH3 is 2. The van der Waals surface area contributed by atoms with Gasteiger partial charge in [-0.3, -0.25) is 9.69 Å². The average molecular weight is 487 g/mol. The summed E-state index contributed by atoms with van der Waals surface area (Å²) < 4.78 is 13.8. The Morgan fingerprint density at radius 1 is 1.12 bits per heavy atom. The van der Waals surface area contributed by atoms with E-state index in [0.29, 0.717) is 18.0 Å². The minimum atomic E-state index is -0.00127. The van der Waals surface area contributed by atoms with Gasteiger partial charge < -0.3 is 14.0 Å². The lowest BCUT2D eigenvalue weighted by molar-refractivity contribution is -0.118. The van der Waals surface area contributed by atoms with Gasteiger partial charge in [-0.2, -0.15) is 0 Å². The number of anilines is 1. The summed E-state index contributed by atoms with van der Waals surface area (Å²) in [6.45, 7) is 3.41. The average Bonchev–Trinajstić information content (AvgIpc) is 3.45. The van der Waals surface area contributed by atoms with Gasteiger partial charge in [0, 0.05) is 25.5 Å². The van der Waals surface area contributed by atoms with Crippen molar-refractivity contribution in [3.63, 3.8) is 0 Å². The van der Waals surface area contributed by atoms with E-state index in [2.05, 4.69) is 18.0 Å². The Morgan fingerprint density at radius 3 is 2.67 bits per heavy atom. The SMILES string of the molecule is COc1ccc(CC(=O)N(CCCn2ccnc2)c2nc3ccc(C)cc3s2)cc1OC.Cl. The van der Waals surface area contributed by atoms with Crippen LogP contribution in [0.4, 0.5) is 5.13 Å². The van der Waals surface area contributed by atoms with Crippen molar-refractivity contribution in [1.29, 1.82) is 0 Å². The fourth-order valence-electron chi connectivity index (χ4n) is 3.55. The Hall–Kier alpha value is -3.10. The summed E-state index contributed by atoms with van der Waals surface area (Å²) in [6.07, 6.45) is 6.52. The van der Waals surface area contributed by atoms with Crippen LogP contribution in [0.5, 0.6) is 11.5 Å². The Kier molecular flexibility index (Phi) is 8.30. The van der Waals surface area contributed by atoms with Crippen molar-refractivity contribution in [3.05, 3.63) is 66.2 Å². The van der Waals surface area contributed by atoms with Crippen LogP contribution in [0.15, 0.2) is 55.1 Å². The van der Waals surface area contributed by atoms with Crippen molar-refractivity contribution >= 4 is 45.0 Å². The number of amides is 1. The van der Waals surface area contributed by atoms with Gasteiger partial charge in [0.2, 0.25) is 5.91 Å². The third-order valence-corrected chi connectivity index (χ3v) is 6.27. The van der Waals surface area contributed by atoms with E-state index in [0.717, 1.165) is 33.9 Å². The maximum Gasteiger partial charge on any atom is 0.233 e. The number of carbonyl (C=O) groups excluding carboxylic acids is 1. The van der Waals surface area contributed by atoms with E-state index in [1.807, 2.05) is 41.1 Å². The van der Waals surface area contributed by atoms with Crippen molar-refractivity contribution in [2.45, 2.75) is 26.3 Å². The molecule has 0 saturated heterocycles. The molecule has 4 aromatic rings. The molecule has 0 saturated carbocycles. The molecule has 0 atom stereocenters. The Morgan fingerprint density at radius 2 is 1.94 bits per heavy atom. The third kappa shape index (κ3) is 5.83. The minimum Gasteiger partial charge on any atom is -0.493 e. The van der Waals surface area contributed by atoms with Crippen LogP contribution in [0.25, 0.3) is 10.2 Å². The number of thiazole rings is 1. The molecular weight excluding hydrogens is 460 g/mol. The van der Waals surface area contributed by atoms with Crippen LogP contribution in [-0.4, -0.2) is 41.2 Å². The molecule has 7 nitrogen and oxygen atoms in total. The number of fused-ring (bicyclic) bond motifs is 1.